The summed E-state index contributed by atoms with van der Waals surface area (Å²) in [6.45, 7) is 12.3. The Kier molecular flexibility index (Phi) is 8.56. The summed E-state index contributed by atoms with van der Waals surface area (Å²) in [4.78, 5) is 8.25. The van der Waals surface area contributed by atoms with Gasteiger partial charge in [-0.2, -0.15) is 5.26 Å². The summed E-state index contributed by atoms with van der Waals surface area (Å²) in [6.07, 6.45) is 0. The van der Waals surface area contributed by atoms with Crippen molar-refractivity contribution in [1.82, 2.24) is 0 Å². The van der Waals surface area contributed by atoms with E-state index in [4.69, 9.17) is 6.57 Å². The maximum Gasteiger partial charge on any atom is 0.187 e. The fourth-order valence-electron chi connectivity index (χ4n) is 8.86. The fourth-order valence-corrected chi connectivity index (χ4v) is 8.86. The minimum Gasteiger partial charge on any atom is -0.310 e. The van der Waals surface area contributed by atoms with Crippen LogP contribution in [0.5, 0.6) is 0 Å². The van der Waals surface area contributed by atoms with Gasteiger partial charge in [0.15, 0.2) is 5.69 Å². The molecule has 0 saturated carbocycles. The summed E-state index contributed by atoms with van der Waals surface area (Å²) >= 11 is 0. The number of rotatable bonds is 7. The third kappa shape index (κ3) is 6.07. The van der Waals surface area contributed by atoms with Crippen LogP contribution in [0.3, 0.4) is 0 Å². The Morgan fingerprint density at radius 2 is 1.05 bits per heavy atom. The molecular weight excluding hydrogens is 717 g/mol. The normalized spacial score (nSPS) is 12.3. The standard InChI is InChI=1S/C55H38N4/c1-55(2)51-34-41-32-47(58(44-25-18-37(36-56)19-26-44)45-27-20-39(21-28-45)38-12-6-4-7-13-38)29-22-40(41)33-50(51)54-49-17-11-10-16-48(49)53(35-52(54)55)59(43-14-8-5-9-15-43)46-30-23-42(57-3)24-31-46/h4-35H,1-2H3. The van der Waals surface area contributed by atoms with E-state index in [1.54, 1.807) is 0 Å². The number of fused-ring (bicyclic) bond motifs is 6. The summed E-state index contributed by atoms with van der Waals surface area (Å²) in [6, 6.07) is 70.3. The van der Waals surface area contributed by atoms with Gasteiger partial charge in [0.1, 0.15) is 0 Å². The van der Waals surface area contributed by atoms with Crippen LogP contribution in [0.25, 0.3) is 48.6 Å². The predicted octanol–water partition coefficient (Wildman–Crippen LogP) is 15.3. The summed E-state index contributed by atoms with van der Waals surface area (Å²) < 4.78 is 0. The summed E-state index contributed by atoms with van der Waals surface area (Å²) in [5.74, 6) is 0. The van der Waals surface area contributed by atoms with Crippen LogP contribution in [0.15, 0.2) is 194 Å². The molecule has 278 valence electrons. The molecule has 0 fully saturated rings. The average molecular weight is 755 g/mol. The molecule has 4 nitrogen and oxygen atoms in total. The summed E-state index contributed by atoms with van der Waals surface area (Å²) in [5.41, 5.74) is 14.6. The largest absolute Gasteiger partial charge is 0.310 e. The number of nitrogens with zero attached hydrogens (tertiary/aromatic N) is 4. The summed E-state index contributed by atoms with van der Waals surface area (Å²) in [7, 11) is 0. The predicted molar refractivity (Wildman–Crippen MR) is 245 cm³/mol. The molecule has 1 aliphatic carbocycles. The number of anilines is 6. The first kappa shape index (κ1) is 35.5. The van der Waals surface area contributed by atoms with Gasteiger partial charge in [-0.25, -0.2) is 4.85 Å². The zero-order chi connectivity index (χ0) is 40.1. The van der Waals surface area contributed by atoms with Crippen LogP contribution in [0.4, 0.5) is 39.8 Å². The highest BCUT2D eigenvalue weighted by Gasteiger charge is 2.38. The Labute approximate surface area is 344 Å². The van der Waals surface area contributed by atoms with E-state index in [1.807, 2.05) is 60.7 Å². The Morgan fingerprint density at radius 3 is 1.73 bits per heavy atom. The first-order valence-corrected chi connectivity index (χ1v) is 19.8. The number of para-hydroxylation sites is 1. The van der Waals surface area contributed by atoms with Crippen molar-refractivity contribution in [3.63, 3.8) is 0 Å². The maximum absolute atomic E-state index is 9.59. The van der Waals surface area contributed by atoms with E-state index in [0.29, 0.717) is 11.3 Å². The first-order valence-electron chi connectivity index (χ1n) is 19.8. The molecular formula is C55H38N4. The third-order valence-corrected chi connectivity index (χ3v) is 11.8. The van der Waals surface area contributed by atoms with Gasteiger partial charge >= 0.3 is 0 Å². The lowest BCUT2D eigenvalue weighted by atomic mass is 9.81. The minimum absolute atomic E-state index is 0.302. The van der Waals surface area contributed by atoms with Crippen LogP contribution in [0, 0.1) is 17.9 Å². The molecule has 1 aliphatic rings. The van der Waals surface area contributed by atoms with E-state index >= 15 is 0 Å². The summed E-state index contributed by atoms with van der Waals surface area (Å²) in [5, 5.41) is 14.3. The lowest BCUT2D eigenvalue weighted by molar-refractivity contribution is 0.661. The van der Waals surface area contributed by atoms with E-state index in [1.165, 1.54) is 44.0 Å². The monoisotopic (exact) mass is 754 g/mol. The highest BCUT2D eigenvalue weighted by molar-refractivity contribution is 6.11. The zero-order valence-corrected chi connectivity index (χ0v) is 32.8. The third-order valence-electron chi connectivity index (χ3n) is 11.8. The first-order chi connectivity index (χ1) is 28.9. The van der Waals surface area contributed by atoms with Crippen molar-refractivity contribution in [3.05, 3.63) is 222 Å². The van der Waals surface area contributed by atoms with Crippen LogP contribution < -0.4 is 9.80 Å². The topological polar surface area (TPSA) is 34.6 Å². The Balaban J connectivity index is 1.12. The lowest BCUT2D eigenvalue weighted by Crippen LogP contribution is -2.17. The average Bonchev–Trinajstić information content (AvgIpc) is 3.51. The molecule has 0 spiro atoms. The molecule has 0 amide bonds. The van der Waals surface area contributed by atoms with Crippen molar-refractivity contribution in [2.24, 2.45) is 0 Å². The van der Waals surface area contributed by atoms with Crippen molar-refractivity contribution >= 4 is 61.4 Å². The molecule has 59 heavy (non-hydrogen) atoms. The second-order valence-electron chi connectivity index (χ2n) is 15.6. The molecule has 9 aromatic carbocycles. The van der Waals surface area contributed by atoms with E-state index in [-0.39, 0.29) is 5.41 Å². The van der Waals surface area contributed by atoms with Gasteiger partial charge in [0.25, 0.3) is 0 Å². The Hall–Kier alpha value is -7.92. The molecule has 0 aromatic heterocycles. The van der Waals surface area contributed by atoms with Gasteiger partial charge in [0.2, 0.25) is 0 Å². The van der Waals surface area contributed by atoms with Crippen molar-refractivity contribution in [3.8, 4) is 28.3 Å². The quantitative estimate of drug-likeness (QED) is 0.152. The van der Waals surface area contributed by atoms with Crippen LogP contribution in [0.1, 0.15) is 30.5 Å². The Bertz CT molecular complexity index is 3120. The SMILES string of the molecule is [C-]#[N+]c1ccc(N(c2ccccc2)c2cc3c(c4ccccc24)-c2cc4ccc(N(c5ccc(C#N)cc5)c5ccc(-c6ccccc6)cc5)cc4cc2C3(C)C)cc1. The molecule has 0 aliphatic heterocycles. The molecule has 0 unspecified atom stereocenters. The molecule has 10 rings (SSSR count). The van der Waals surface area contributed by atoms with E-state index in [9.17, 15) is 5.26 Å². The van der Waals surface area contributed by atoms with Crippen LogP contribution >= 0.6 is 0 Å². The number of hydrogen-bond donors (Lipinski definition) is 0. The number of hydrogen-bond acceptors (Lipinski definition) is 3. The van der Waals surface area contributed by atoms with Crippen molar-refractivity contribution in [2.75, 3.05) is 9.80 Å². The smallest absolute Gasteiger partial charge is 0.187 e. The van der Waals surface area contributed by atoms with Gasteiger partial charge in [-0.15, -0.1) is 0 Å². The van der Waals surface area contributed by atoms with Gasteiger partial charge in [0, 0.05) is 39.2 Å². The maximum atomic E-state index is 9.59. The Morgan fingerprint density at radius 1 is 0.492 bits per heavy atom. The van der Waals surface area contributed by atoms with Gasteiger partial charge in [-0.05, 0) is 141 Å². The molecule has 4 heteroatoms. The molecule has 0 heterocycles. The van der Waals surface area contributed by atoms with Crippen molar-refractivity contribution in [1.29, 1.82) is 5.26 Å². The molecule has 0 atom stereocenters. The molecule has 9 aromatic rings. The molecule has 0 saturated heterocycles. The highest BCUT2D eigenvalue weighted by atomic mass is 15.1. The second kappa shape index (κ2) is 14.2. The van der Waals surface area contributed by atoms with Gasteiger partial charge in [-0.3, -0.25) is 0 Å². The minimum atomic E-state index is -0.302. The van der Waals surface area contributed by atoms with E-state index in [0.717, 1.165) is 45.1 Å². The molecule has 0 N–H and O–H groups in total. The lowest BCUT2D eigenvalue weighted by Gasteiger charge is -2.30. The highest BCUT2D eigenvalue weighted by Crippen LogP contribution is 2.55. The van der Waals surface area contributed by atoms with Gasteiger partial charge < -0.3 is 9.80 Å². The van der Waals surface area contributed by atoms with E-state index in [2.05, 4.69) is 168 Å². The molecule has 0 bridgehead atoms. The van der Waals surface area contributed by atoms with Crippen LogP contribution in [-0.4, -0.2) is 0 Å². The van der Waals surface area contributed by atoms with Crippen LogP contribution in [0.2, 0.25) is 0 Å². The zero-order valence-electron chi connectivity index (χ0n) is 32.8. The van der Waals surface area contributed by atoms with E-state index < -0.39 is 0 Å². The number of benzene rings is 9. The van der Waals surface area contributed by atoms with Gasteiger partial charge in [-0.1, -0.05) is 117 Å². The number of nitriles is 1. The van der Waals surface area contributed by atoms with Gasteiger partial charge in [0.05, 0.1) is 23.9 Å². The van der Waals surface area contributed by atoms with Crippen molar-refractivity contribution < 1.29 is 0 Å². The molecule has 0 radical (unpaired) electrons. The second-order valence-corrected chi connectivity index (χ2v) is 15.6. The fraction of sp³-hybridized carbons (Fsp3) is 0.0545. The van der Waals surface area contributed by atoms with Crippen molar-refractivity contribution in [2.45, 2.75) is 19.3 Å². The van der Waals surface area contributed by atoms with Crippen LogP contribution in [-0.2, 0) is 5.41 Å².